The minimum atomic E-state index is 0.560. The van der Waals surface area contributed by atoms with Crippen LogP contribution in [0.25, 0.3) is 0 Å². The van der Waals surface area contributed by atoms with E-state index in [1.807, 2.05) is 0 Å². The zero-order valence-electron chi connectivity index (χ0n) is 7.72. The highest BCUT2D eigenvalue weighted by molar-refractivity contribution is 5.84. The van der Waals surface area contributed by atoms with Crippen LogP contribution in [0.4, 0.5) is 0 Å². The van der Waals surface area contributed by atoms with E-state index in [0.29, 0.717) is 12.0 Å². The topological polar surface area (TPSA) is 24.4 Å². The van der Waals surface area contributed by atoms with Crippen molar-refractivity contribution in [3.8, 4) is 0 Å². The number of nitrogens with zero attached hydrogens (tertiary/aromatic N) is 1. The van der Waals surface area contributed by atoms with Gasteiger partial charge in [-0.1, -0.05) is 20.8 Å². The van der Waals surface area contributed by atoms with E-state index in [9.17, 15) is 0 Å². The average molecular weight is 154 g/mol. The van der Waals surface area contributed by atoms with Crippen LogP contribution in [0.1, 0.15) is 33.6 Å². The van der Waals surface area contributed by atoms with Crippen LogP contribution in [0.3, 0.4) is 0 Å². The predicted octanol–water partition coefficient (Wildman–Crippen LogP) is 1.81. The Morgan fingerprint density at radius 1 is 1.64 bits per heavy atom. The summed E-state index contributed by atoms with van der Waals surface area (Å²) in [5, 5.41) is 3.45. The van der Waals surface area contributed by atoms with Gasteiger partial charge in [-0.05, 0) is 12.8 Å². The lowest BCUT2D eigenvalue weighted by molar-refractivity contribution is 0.514. The average Bonchev–Trinajstić information content (AvgIpc) is 2.05. The van der Waals surface area contributed by atoms with Crippen molar-refractivity contribution in [3.63, 3.8) is 0 Å². The lowest BCUT2D eigenvalue weighted by Crippen LogP contribution is -2.41. The maximum Gasteiger partial charge on any atom is 0.0990 e. The second kappa shape index (κ2) is 3.74. The van der Waals surface area contributed by atoms with Crippen LogP contribution in [0.2, 0.25) is 0 Å². The van der Waals surface area contributed by atoms with Crippen molar-refractivity contribution >= 4 is 5.84 Å². The molecule has 0 bridgehead atoms. The monoisotopic (exact) mass is 154 g/mol. The van der Waals surface area contributed by atoms with Gasteiger partial charge in [0.1, 0.15) is 0 Å². The molecule has 1 aliphatic rings. The Hall–Kier alpha value is -0.530. The fourth-order valence-electron chi connectivity index (χ4n) is 1.32. The molecule has 2 nitrogen and oxygen atoms in total. The van der Waals surface area contributed by atoms with Crippen LogP contribution in [-0.4, -0.2) is 18.4 Å². The summed E-state index contributed by atoms with van der Waals surface area (Å²) >= 11 is 0. The van der Waals surface area contributed by atoms with E-state index in [-0.39, 0.29) is 0 Å². The second-order valence-electron chi connectivity index (χ2n) is 3.46. The third-order valence-corrected chi connectivity index (χ3v) is 2.15. The molecule has 1 unspecified atom stereocenters. The zero-order valence-corrected chi connectivity index (χ0v) is 7.72. The minimum absolute atomic E-state index is 0.560. The van der Waals surface area contributed by atoms with Crippen molar-refractivity contribution in [2.75, 3.05) is 6.54 Å². The maximum atomic E-state index is 4.43. The Morgan fingerprint density at radius 3 is 2.91 bits per heavy atom. The Morgan fingerprint density at radius 2 is 2.36 bits per heavy atom. The molecule has 0 aromatic rings. The fraction of sp³-hybridized carbons (Fsp3) is 0.889. The van der Waals surface area contributed by atoms with Crippen molar-refractivity contribution in [3.05, 3.63) is 0 Å². The molecule has 0 radical (unpaired) electrons. The Labute approximate surface area is 69.1 Å². The van der Waals surface area contributed by atoms with Gasteiger partial charge in [0.2, 0.25) is 0 Å². The molecule has 0 saturated heterocycles. The Balaban J connectivity index is 2.48. The van der Waals surface area contributed by atoms with Gasteiger partial charge in [-0.25, -0.2) is 0 Å². The van der Waals surface area contributed by atoms with Crippen LogP contribution in [0, 0.1) is 5.92 Å². The first-order valence-electron chi connectivity index (χ1n) is 4.55. The van der Waals surface area contributed by atoms with Crippen LogP contribution in [-0.2, 0) is 0 Å². The normalized spacial score (nSPS) is 24.7. The first-order valence-corrected chi connectivity index (χ1v) is 4.55. The Bertz CT molecular complexity index is 150. The fourth-order valence-corrected chi connectivity index (χ4v) is 1.32. The van der Waals surface area contributed by atoms with E-state index in [4.69, 9.17) is 0 Å². The van der Waals surface area contributed by atoms with E-state index < -0.39 is 0 Å². The molecule has 1 aliphatic heterocycles. The van der Waals surface area contributed by atoms with E-state index in [1.54, 1.807) is 0 Å². The molecule has 11 heavy (non-hydrogen) atoms. The van der Waals surface area contributed by atoms with Gasteiger partial charge in [0.15, 0.2) is 0 Å². The zero-order chi connectivity index (χ0) is 8.27. The molecule has 1 rings (SSSR count). The summed E-state index contributed by atoms with van der Waals surface area (Å²) in [6, 6.07) is 0.671. The maximum absolute atomic E-state index is 4.43. The van der Waals surface area contributed by atoms with Crippen molar-refractivity contribution in [1.29, 1.82) is 0 Å². The quantitative estimate of drug-likeness (QED) is 0.644. The molecule has 64 valence electrons. The van der Waals surface area contributed by atoms with E-state index in [0.717, 1.165) is 6.54 Å². The van der Waals surface area contributed by atoms with Crippen LogP contribution < -0.4 is 5.32 Å². The van der Waals surface area contributed by atoms with Gasteiger partial charge < -0.3 is 5.32 Å². The van der Waals surface area contributed by atoms with Crippen molar-refractivity contribution < 1.29 is 0 Å². The molecular formula is C9H18N2. The molecule has 0 spiro atoms. The number of hydrogen-bond donors (Lipinski definition) is 1. The van der Waals surface area contributed by atoms with Crippen molar-refractivity contribution in [1.82, 2.24) is 5.32 Å². The predicted molar refractivity (Wildman–Crippen MR) is 49.0 cm³/mol. The van der Waals surface area contributed by atoms with E-state index >= 15 is 0 Å². The molecule has 2 heteroatoms. The number of amidine groups is 1. The molecule has 0 aromatic heterocycles. The standard InChI is InChI=1S/C9H18N2/c1-4-8-5-6-10-9(11-8)7(2)3/h7-8H,4-6H2,1-3H3,(H,10,11). The third kappa shape index (κ3) is 2.21. The summed E-state index contributed by atoms with van der Waals surface area (Å²) in [5.41, 5.74) is 0. The molecule has 1 heterocycles. The van der Waals surface area contributed by atoms with Crippen molar-refractivity contribution in [2.24, 2.45) is 10.9 Å². The molecule has 0 aliphatic carbocycles. The highest BCUT2D eigenvalue weighted by atomic mass is 15.1. The summed E-state index contributed by atoms with van der Waals surface area (Å²) in [7, 11) is 0. The van der Waals surface area contributed by atoms with Crippen molar-refractivity contribution in [2.45, 2.75) is 39.7 Å². The number of aliphatic imine (C=N–C) groups is 1. The highest BCUT2D eigenvalue weighted by Gasteiger charge is 2.14. The van der Waals surface area contributed by atoms with Gasteiger partial charge in [0, 0.05) is 18.5 Å². The SMILES string of the molecule is CCC1CCN=C(C(C)C)N1. The first-order chi connectivity index (χ1) is 5.24. The van der Waals surface area contributed by atoms with E-state index in [1.165, 1.54) is 18.7 Å². The summed E-state index contributed by atoms with van der Waals surface area (Å²) in [6.45, 7) is 7.60. The number of hydrogen-bond acceptors (Lipinski definition) is 2. The van der Waals surface area contributed by atoms with Gasteiger partial charge in [-0.15, -0.1) is 0 Å². The molecule has 0 saturated carbocycles. The molecular weight excluding hydrogens is 136 g/mol. The van der Waals surface area contributed by atoms with Crippen LogP contribution in [0.5, 0.6) is 0 Å². The lowest BCUT2D eigenvalue weighted by atomic mass is 10.1. The molecule has 1 atom stereocenters. The largest absolute Gasteiger partial charge is 0.371 e. The second-order valence-corrected chi connectivity index (χ2v) is 3.46. The van der Waals surface area contributed by atoms with Gasteiger partial charge >= 0.3 is 0 Å². The molecule has 0 amide bonds. The molecule has 0 aromatic carbocycles. The smallest absolute Gasteiger partial charge is 0.0990 e. The highest BCUT2D eigenvalue weighted by Crippen LogP contribution is 2.07. The van der Waals surface area contributed by atoms with Gasteiger partial charge in [0.05, 0.1) is 5.84 Å². The Kier molecular flexibility index (Phi) is 2.92. The van der Waals surface area contributed by atoms with Gasteiger partial charge in [-0.2, -0.15) is 0 Å². The van der Waals surface area contributed by atoms with Crippen LogP contribution >= 0.6 is 0 Å². The summed E-state index contributed by atoms with van der Waals surface area (Å²) < 4.78 is 0. The number of nitrogens with one attached hydrogen (secondary N) is 1. The molecule has 1 N–H and O–H groups in total. The van der Waals surface area contributed by atoms with E-state index in [2.05, 4.69) is 31.1 Å². The lowest BCUT2D eigenvalue weighted by Gasteiger charge is -2.25. The minimum Gasteiger partial charge on any atom is -0.371 e. The van der Waals surface area contributed by atoms with Gasteiger partial charge in [0.25, 0.3) is 0 Å². The summed E-state index contributed by atoms with van der Waals surface area (Å²) in [5.74, 6) is 1.76. The molecule has 0 fully saturated rings. The van der Waals surface area contributed by atoms with Gasteiger partial charge in [-0.3, -0.25) is 4.99 Å². The number of rotatable bonds is 2. The summed E-state index contributed by atoms with van der Waals surface area (Å²) in [4.78, 5) is 4.43. The third-order valence-electron chi connectivity index (χ3n) is 2.15. The van der Waals surface area contributed by atoms with Crippen LogP contribution in [0.15, 0.2) is 4.99 Å². The first kappa shape index (κ1) is 8.57. The summed E-state index contributed by atoms with van der Waals surface area (Å²) in [6.07, 6.45) is 2.42.